The zero-order chi connectivity index (χ0) is 21.1. The van der Waals surface area contributed by atoms with Crippen LogP contribution in [0.2, 0.25) is 0 Å². The Labute approximate surface area is 182 Å². The summed E-state index contributed by atoms with van der Waals surface area (Å²) < 4.78 is 0. The molecule has 1 saturated heterocycles. The van der Waals surface area contributed by atoms with Gasteiger partial charge >= 0.3 is 0 Å². The van der Waals surface area contributed by atoms with Crippen LogP contribution in [0.25, 0.3) is 0 Å². The van der Waals surface area contributed by atoms with Crippen LogP contribution in [0.15, 0.2) is 18.2 Å². The molecule has 1 aromatic carbocycles. The third-order valence-electron chi connectivity index (χ3n) is 6.18. The van der Waals surface area contributed by atoms with Crippen molar-refractivity contribution in [3.8, 4) is 0 Å². The number of anilines is 2. The van der Waals surface area contributed by atoms with E-state index < -0.39 is 0 Å². The zero-order valence-electron chi connectivity index (χ0n) is 17.8. The molecule has 0 radical (unpaired) electrons. The highest BCUT2D eigenvalue weighted by Gasteiger charge is 2.34. The van der Waals surface area contributed by atoms with Gasteiger partial charge in [-0.15, -0.1) is 10.2 Å². The van der Waals surface area contributed by atoms with Crippen LogP contribution >= 0.6 is 11.3 Å². The van der Waals surface area contributed by atoms with Gasteiger partial charge in [0.05, 0.1) is 0 Å². The van der Waals surface area contributed by atoms with Gasteiger partial charge in [-0.25, -0.2) is 0 Å². The first-order valence-corrected chi connectivity index (χ1v) is 11.8. The summed E-state index contributed by atoms with van der Waals surface area (Å²) in [5.41, 5.74) is 3.24. The van der Waals surface area contributed by atoms with Crippen molar-refractivity contribution < 1.29 is 9.59 Å². The Morgan fingerprint density at radius 3 is 2.60 bits per heavy atom. The maximum absolute atomic E-state index is 12.6. The molecule has 1 atom stereocenters. The van der Waals surface area contributed by atoms with E-state index in [0.717, 1.165) is 28.2 Å². The number of nitrogens with one attached hydrogen (secondary N) is 1. The van der Waals surface area contributed by atoms with Crippen LogP contribution in [0.4, 0.5) is 10.8 Å². The maximum atomic E-state index is 12.6. The predicted molar refractivity (Wildman–Crippen MR) is 120 cm³/mol. The summed E-state index contributed by atoms with van der Waals surface area (Å²) in [5.74, 6) is 0.833. The van der Waals surface area contributed by atoms with Crippen molar-refractivity contribution in [3.63, 3.8) is 0 Å². The van der Waals surface area contributed by atoms with Gasteiger partial charge in [0, 0.05) is 31.0 Å². The maximum Gasteiger partial charge on any atom is 0.227 e. The quantitative estimate of drug-likeness (QED) is 0.707. The van der Waals surface area contributed by atoms with Gasteiger partial charge in [-0.05, 0) is 49.4 Å². The summed E-state index contributed by atoms with van der Waals surface area (Å²) >= 11 is 1.39. The van der Waals surface area contributed by atoms with Crippen LogP contribution in [0.5, 0.6) is 0 Å². The number of hydrogen-bond acceptors (Lipinski definition) is 5. The van der Waals surface area contributed by atoms with Crippen molar-refractivity contribution in [2.75, 3.05) is 16.8 Å². The van der Waals surface area contributed by atoms with Crippen molar-refractivity contribution in [3.05, 3.63) is 34.3 Å². The monoisotopic (exact) mass is 426 g/mol. The summed E-state index contributed by atoms with van der Waals surface area (Å²) in [6.45, 7) is 4.69. The molecule has 0 spiro atoms. The Kier molecular flexibility index (Phi) is 6.46. The average molecular weight is 427 g/mol. The van der Waals surface area contributed by atoms with Crippen molar-refractivity contribution in [1.82, 2.24) is 10.2 Å². The van der Waals surface area contributed by atoms with Crippen LogP contribution in [0.3, 0.4) is 0 Å². The highest BCUT2D eigenvalue weighted by Crippen LogP contribution is 2.35. The first-order chi connectivity index (χ1) is 14.5. The molecular formula is C23H30N4O2S. The molecule has 1 aliphatic carbocycles. The number of carbonyl (C=O) groups excluding carboxylic acids is 2. The number of aromatic nitrogens is 2. The van der Waals surface area contributed by atoms with E-state index in [1.165, 1.54) is 43.4 Å². The molecule has 1 saturated carbocycles. The van der Waals surface area contributed by atoms with Crippen molar-refractivity contribution in [2.24, 2.45) is 5.92 Å². The molecule has 1 aliphatic heterocycles. The average Bonchev–Trinajstić information content (AvgIpc) is 3.33. The molecule has 6 nitrogen and oxygen atoms in total. The van der Waals surface area contributed by atoms with Crippen molar-refractivity contribution >= 4 is 34.0 Å². The lowest BCUT2D eigenvalue weighted by Crippen LogP contribution is -2.24. The smallest absolute Gasteiger partial charge is 0.227 e. The van der Waals surface area contributed by atoms with Crippen LogP contribution in [0, 0.1) is 19.8 Å². The number of carbonyl (C=O) groups is 2. The van der Waals surface area contributed by atoms with E-state index in [1.807, 2.05) is 30.9 Å². The molecule has 1 N–H and O–H groups in total. The van der Waals surface area contributed by atoms with Gasteiger partial charge < -0.3 is 10.2 Å². The second-order valence-corrected chi connectivity index (χ2v) is 9.80. The van der Waals surface area contributed by atoms with E-state index >= 15 is 0 Å². The molecule has 0 bridgehead atoms. The summed E-state index contributed by atoms with van der Waals surface area (Å²) in [6, 6.07) is 6.20. The molecule has 1 unspecified atom stereocenters. The predicted octanol–water partition coefficient (Wildman–Crippen LogP) is 4.97. The Hall–Kier alpha value is -2.28. The summed E-state index contributed by atoms with van der Waals surface area (Å²) in [6.07, 6.45) is 8.36. The number of nitrogens with zero attached hydrogens (tertiary/aromatic N) is 3. The standard InChI is InChI=1S/C23H30N4O2S/c1-15-10-16(2)12-19(11-15)27-14-18(13-21(27)29)22-25-26-23(30-22)24-20(28)9-8-17-6-4-3-5-7-17/h10-12,17-18H,3-9,13-14H2,1-2H3,(H,24,26,28). The van der Waals surface area contributed by atoms with E-state index in [0.29, 0.717) is 30.4 Å². The number of hydrogen-bond donors (Lipinski definition) is 1. The molecule has 2 heterocycles. The van der Waals surface area contributed by atoms with Gasteiger partial charge in [0.25, 0.3) is 0 Å². The highest BCUT2D eigenvalue weighted by molar-refractivity contribution is 7.15. The minimum absolute atomic E-state index is 0.0163. The van der Waals surface area contributed by atoms with Gasteiger partial charge in [-0.3, -0.25) is 9.59 Å². The van der Waals surface area contributed by atoms with Crippen molar-refractivity contribution in [2.45, 2.75) is 71.1 Å². The van der Waals surface area contributed by atoms with Crippen LogP contribution in [0.1, 0.15) is 73.4 Å². The lowest BCUT2D eigenvalue weighted by atomic mass is 9.86. The minimum Gasteiger partial charge on any atom is -0.312 e. The lowest BCUT2D eigenvalue weighted by Gasteiger charge is -2.20. The van der Waals surface area contributed by atoms with E-state index in [2.05, 4.69) is 21.6 Å². The second kappa shape index (κ2) is 9.25. The first-order valence-electron chi connectivity index (χ1n) is 11.0. The van der Waals surface area contributed by atoms with E-state index in [9.17, 15) is 9.59 Å². The molecular weight excluding hydrogens is 396 g/mol. The zero-order valence-corrected chi connectivity index (χ0v) is 18.6. The van der Waals surface area contributed by atoms with Gasteiger partial charge in [0.1, 0.15) is 5.01 Å². The van der Waals surface area contributed by atoms with Gasteiger partial charge in [0.2, 0.25) is 16.9 Å². The Balaban J connectivity index is 1.33. The van der Waals surface area contributed by atoms with Crippen molar-refractivity contribution in [1.29, 1.82) is 0 Å². The first kappa shape index (κ1) is 21.0. The Morgan fingerprint density at radius 2 is 1.87 bits per heavy atom. The van der Waals surface area contributed by atoms with Gasteiger partial charge in [-0.2, -0.15) is 0 Å². The lowest BCUT2D eigenvalue weighted by molar-refractivity contribution is -0.117. The van der Waals surface area contributed by atoms with Crippen LogP contribution < -0.4 is 10.2 Å². The number of aryl methyl sites for hydroxylation is 2. The normalized spacial score (nSPS) is 20.0. The second-order valence-electron chi connectivity index (χ2n) is 8.79. The molecule has 7 heteroatoms. The Bertz CT molecular complexity index is 899. The molecule has 2 amide bonds. The molecule has 2 aliphatic rings. The van der Waals surface area contributed by atoms with E-state index in [1.54, 1.807) is 0 Å². The third-order valence-corrected chi connectivity index (χ3v) is 7.18. The fraction of sp³-hybridized carbons (Fsp3) is 0.565. The molecule has 2 aromatic rings. The molecule has 1 aromatic heterocycles. The van der Waals surface area contributed by atoms with Gasteiger partial charge in [0.15, 0.2) is 0 Å². The summed E-state index contributed by atoms with van der Waals surface area (Å²) in [4.78, 5) is 26.8. The topological polar surface area (TPSA) is 75.2 Å². The number of rotatable bonds is 6. The molecule has 4 rings (SSSR count). The van der Waals surface area contributed by atoms with E-state index in [-0.39, 0.29) is 17.7 Å². The fourth-order valence-electron chi connectivity index (χ4n) is 4.67. The third kappa shape index (κ3) is 5.06. The summed E-state index contributed by atoms with van der Waals surface area (Å²) in [5, 5.41) is 12.7. The largest absolute Gasteiger partial charge is 0.312 e. The van der Waals surface area contributed by atoms with Crippen LogP contribution in [-0.2, 0) is 9.59 Å². The molecule has 160 valence electrons. The SMILES string of the molecule is Cc1cc(C)cc(N2CC(c3nnc(NC(=O)CCC4CCCCC4)s3)CC2=O)c1. The van der Waals surface area contributed by atoms with Crippen LogP contribution in [-0.4, -0.2) is 28.6 Å². The number of benzene rings is 1. The van der Waals surface area contributed by atoms with Gasteiger partial charge in [-0.1, -0.05) is 49.5 Å². The van der Waals surface area contributed by atoms with E-state index in [4.69, 9.17) is 0 Å². The fourth-order valence-corrected chi connectivity index (χ4v) is 5.52. The summed E-state index contributed by atoms with van der Waals surface area (Å²) in [7, 11) is 0. The minimum atomic E-state index is 0.0163. The highest BCUT2D eigenvalue weighted by atomic mass is 32.1. The molecule has 30 heavy (non-hydrogen) atoms. The number of amides is 2. The Morgan fingerprint density at radius 1 is 1.13 bits per heavy atom. The molecule has 2 fully saturated rings.